The first kappa shape index (κ1) is 8.26. The van der Waals surface area contributed by atoms with E-state index in [0.717, 1.165) is 0 Å². The topological polar surface area (TPSA) is 62.8 Å². The van der Waals surface area contributed by atoms with Gasteiger partial charge >= 0.3 is 0 Å². The van der Waals surface area contributed by atoms with Gasteiger partial charge in [-0.05, 0) is 13.8 Å². The Balaban J connectivity index is 3.45. The maximum absolute atomic E-state index is 11.1. The molecule has 4 nitrogen and oxygen atoms in total. The Kier molecular flexibility index (Phi) is 1.75. The predicted molar refractivity (Wildman–Crippen MR) is 41.2 cm³/mol. The molecule has 0 saturated carbocycles. The van der Waals surface area contributed by atoms with Crippen LogP contribution in [0.2, 0.25) is 0 Å². The molecule has 1 rings (SSSR count). The highest BCUT2D eigenvalue weighted by molar-refractivity contribution is 7.90. The van der Waals surface area contributed by atoms with Crippen molar-refractivity contribution in [1.82, 2.24) is 10.2 Å². The highest BCUT2D eigenvalue weighted by atomic mass is 32.2. The van der Waals surface area contributed by atoms with Crippen LogP contribution < -0.4 is 0 Å². The van der Waals surface area contributed by atoms with Gasteiger partial charge in [-0.25, -0.2) is 8.42 Å². The number of nitrogens with zero attached hydrogens (tertiary/aromatic N) is 1. The molecule has 1 aromatic heterocycles. The second kappa shape index (κ2) is 2.34. The molecule has 62 valence electrons. The Morgan fingerprint density at radius 3 is 2.09 bits per heavy atom. The minimum absolute atomic E-state index is 0.317. The van der Waals surface area contributed by atoms with Crippen LogP contribution in [-0.4, -0.2) is 24.9 Å². The lowest BCUT2D eigenvalue weighted by atomic mass is 10.4. The van der Waals surface area contributed by atoms with Crippen LogP contribution in [-0.2, 0) is 9.84 Å². The van der Waals surface area contributed by atoms with E-state index in [2.05, 4.69) is 10.2 Å². The summed E-state index contributed by atoms with van der Waals surface area (Å²) in [6.07, 6.45) is 1.18. The van der Waals surface area contributed by atoms with E-state index in [1.54, 1.807) is 13.8 Å². The summed E-state index contributed by atoms with van der Waals surface area (Å²) in [6.45, 7) is 3.36. The number of aromatic nitrogens is 2. The van der Waals surface area contributed by atoms with Crippen molar-refractivity contribution in [3.8, 4) is 0 Å². The van der Waals surface area contributed by atoms with Crippen molar-refractivity contribution in [3.63, 3.8) is 0 Å². The molecule has 0 aliphatic heterocycles. The highest BCUT2D eigenvalue weighted by Crippen LogP contribution is 2.15. The van der Waals surface area contributed by atoms with Crippen molar-refractivity contribution in [2.75, 3.05) is 6.26 Å². The van der Waals surface area contributed by atoms with Gasteiger partial charge in [0.2, 0.25) is 0 Å². The van der Waals surface area contributed by atoms with E-state index >= 15 is 0 Å². The van der Waals surface area contributed by atoms with E-state index in [1.165, 1.54) is 6.26 Å². The molecular weight excluding hydrogens is 164 g/mol. The first-order valence-corrected chi connectivity index (χ1v) is 5.03. The van der Waals surface area contributed by atoms with Crippen LogP contribution in [0.3, 0.4) is 0 Å². The largest absolute Gasteiger partial charge is 0.281 e. The molecule has 0 unspecified atom stereocenters. The SMILES string of the molecule is Cc1n[nH]c(C)c1S(C)(=O)=O. The van der Waals surface area contributed by atoms with Gasteiger partial charge in [0.05, 0.1) is 11.4 Å². The fourth-order valence-electron chi connectivity index (χ4n) is 1.09. The van der Waals surface area contributed by atoms with Crippen LogP contribution in [0.25, 0.3) is 0 Å². The van der Waals surface area contributed by atoms with Crippen molar-refractivity contribution >= 4 is 9.84 Å². The monoisotopic (exact) mass is 174 g/mol. The number of sulfone groups is 1. The third-order valence-corrected chi connectivity index (χ3v) is 2.77. The quantitative estimate of drug-likeness (QED) is 0.671. The van der Waals surface area contributed by atoms with Gasteiger partial charge in [0, 0.05) is 6.26 Å². The fraction of sp³-hybridized carbons (Fsp3) is 0.500. The summed E-state index contributed by atoms with van der Waals surface area (Å²) in [6, 6.07) is 0. The van der Waals surface area contributed by atoms with E-state index in [1.807, 2.05) is 0 Å². The lowest BCUT2D eigenvalue weighted by Crippen LogP contribution is -1.99. The normalized spacial score (nSPS) is 11.9. The number of hydrogen-bond acceptors (Lipinski definition) is 3. The Bertz CT molecular complexity index is 344. The number of aromatic amines is 1. The Hall–Kier alpha value is -0.840. The summed E-state index contributed by atoms with van der Waals surface area (Å²) in [7, 11) is -3.11. The van der Waals surface area contributed by atoms with E-state index in [-0.39, 0.29) is 0 Å². The molecule has 0 radical (unpaired) electrons. The van der Waals surface area contributed by atoms with Crippen molar-refractivity contribution in [1.29, 1.82) is 0 Å². The number of H-pyrrole nitrogens is 1. The minimum Gasteiger partial charge on any atom is -0.281 e. The Labute approximate surface area is 65.5 Å². The van der Waals surface area contributed by atoms with Gasteiger partial charge in [-0.15, -0.1) is 0 Å². The third-order valence-electron chi connectivity index (χ3n) is 1.43. The van der Waals surface area contributed by atoms with E-state index < -0.39 is 9.84 Å². The number of nitrogens with one attached hydrogen (secondary N) is 1. The highest BCUT2D eigenvalue weighted by Gasteiger charge is 2.16. The van der Waals surface area contributed by atoms with E-state index in [9.17, 15) is 8.42 Å². The van der Waals surface area contributed by atoms with Crippen LogP contribution >= 0.6 is 0 Å². The molecule has 1 aromatic rings. The fourth-order valence-corrected chi connectivity index (χ4v) is 2.27. The first-order valence-electron chi connectivity index (χ1n) is 3.14. The van der Waals surface area contributed by atoms with Gasteiger partial charge in [0.15, 0.2) is 9.84 Å². The molecule has 11 heavy (non-hydrogen) atoms. The summed E-state index contributed by atoms with van der Waals surface area (Å²) >= 11 is 0. The minimum atomic E-state index is -3.11. The molecular formula is C6H10N2O2S. The van der Waals surface area contributed by atoms with Gasteiger partial charge < -0.3 is 0 Å². The summed E-state index contributed by atoms with van der Waals surface area (Å²) < 4.78 is 22.2. The average Bonchev–Trinajstić information content (AvgIpc) is 2.08. The summed E-state index contributed by atoms with van der Waals surface area (Å²) in [5.74, 6) is 0. The van der Waals surface area contributed by atoms with Crippen LogP contribution in [0.15, 0.2) is 4.90 Å². The molecule has 0 spiro atoms. The molecule has 5 heteroatoms. The zero-order valence-corrected chi connectivity index (χ0v) is 7.49. The lowest BCUT2D eigenvalue weighted by molar-refractivity contribution is 0.601. The molecule has 0 saturated heterocycles. The smallest absolute Gasteiger partial charge is 0.179 e. The molecule has 0 aliphatic carbocycles. The Morgan fingerprint density at radius 1 is 1.36 bits per heavy atom. The van der Waals surface area contributed by atoms with Crippen LogP contribution in [0, 0.1) is 13.8 Å². The predicted octanol–water partition coefficient (Wildman–Crippen LogP) is 0.430. The van der Waals surface area contributed by atoms with Gasteiger partial charge in [0.1, 0.15) is 4.90 Å². The van der Waals surface area contributed by atoms with Crippen molar-refractivity contribution in [3.05, 3.63) is 11.4 Å². The average molecular weight is 174 g/mol. The van der Waals surface area contributed by atoms with Crippen molar-refractivity contribution in [2.24, 2.45) is 0 Å². The number of aryl methyl sites for hydroxylation is 2. The second-order valence-corrected chi connectivity index (χ2v) is 4.49. The Morgan fingerprint density at radius 2 is 1.91 bits per heavy atom. The van der Waals surface area contributed by atoms with E-state index in [4.69, 9.17) is 0 Å². The second-order valence-electron chi connectivity index (χ2n) is 2.54. The molecule has 0 amide bonds. The van der Waals surface area contributed by atoms with Crippen LogP contribution in [0.5, 0.6) is 0 Å². The van der Waals surface area contributed by atoms with E-state index in [0.29, 0.717) is 16.3 Å². The van der Waals surface area contributed by atoms with Gasteiger partial charge in [0.25, 0.3) is 0 Å². The summed E-state index contributed by atoms with van der Waals surface area (Å²) in [5.41, 5.74) is 1.13. The lowest BCUT2D eigenvalue weighted by Gasteiger charge is -1.94. The van der Waals surface area contributed by atoms with Gasteiger partial charge in [-0.2, -0.15) is 5.10 Å². The number of hydrogen-bond donors (Lipinski definition) is 1. The third kappa shape index (κ3) is 1.42. The first-order chi connectivity index (χ1) is 4.93. The van der Waals surface area contributed by atoms with Gasteiger partial charge in [-0.3, -0.25) is 5.10 Å². The van der Waals surface area contributed by atoms with Crippen LogP contribution in [0.4, 0.5) is 0 Å². The maximum Gasteiger partial charge on any atom is 0.179 e. The van der Waals surface area contributed by atoms with Crippen LogP contribution in [0.1, 0.15) is 11.4 Å². The maximum atomic E-state index is 11.1. The summed E-state index contributed by atoms with van der Waals surface area (Å²) in [4.78, 5) is 0.317. The van der Waals surface area contributed by atoms with Crippen molar-refractivity contribution < 1.29 is 8.42 Å². The molecule has 0 fully saturated rings. The molecule has 1 N–H and O–H groups in total. The molecule has 0 aliphatic rings. The zero-order valence-electron chi connectivity index (χ0n) is 6.67. The van der Waals surface area contributed by atoms with Crippen molar-refractivity contribution in [2.45, 2.75) is 18.7 Å². The summed E-state index contributed by atoms with van der Waals surface area (Å²) in [5, 5.41) is 6.39. The molecule has 0 aromatic carbocycles. The molecule has 0 atom stereocenters. The zero-order chi connectivity index (χ0) is 8.65. The standard InChI is InChI=1S/C6H10N2O2S/c1-4-6(11(3,9)10)5(2)8-7-4/h1-3H3,(H,7,8). The number of rotatable bonds is 1. The molecule has 1 heterocycles. The van der Waals surface area contributed by atoms with Gasteiger partial charge in [-0.1, -0.05) is 0 Å². The molecule has 0 bridgehead atoms.